The molecular formula is C21H39NO5. The Morgan fingerprint density at radius 1 is 1.11 bits per heavy atom. The molecule has 0 spiro atoms. The molecule has 0 aliphatic heterocycles. The molecule has 0 heterocycles. The van der Waals surface area contributed by atoms with Gasteiger partial charge in [-0.3, -0.25) is 9.59 Å². The summed E-state index contributed by atoms with van der Waals surface area (Å²) in [4.78, 5) is 27.5. The molecule has 0 aliphatic carbocycles. The van der Waals surface area contributed by atoms with Gasteiger partial charge in [-0.15, -0.1) is 6.58 Å². The van der Waals surface area contributed by atoms with Crippen molar-refractivity contribution in [2.24, 2.45) is 22.2 Å². The maximum absolute atomic E-state index is 13.2. The molecule has 158 valence electrons. The number of hydrogen-bond donors (Lipinski definition) is 1. The van der Waals surface area contributed by atoms with Crippen molar-refractivity contribution in [1.82, 2.24) is 4.90 Å². The Bertz CT molecular complexity index is 509. The maximum Gasteiger partial charge on any atom is 0.312 e. The van der Waals surface area contributed by atoms with Crippen LogP contribution in [0.4, 0.5) is 0 Å². The van der Waals surface area contributed by atoms with Gasteiger partial charge >= 0.3 is 5.97 Å². The lowest BCUT2D eigenvalue weighted by molar-refractivity contribution is -0.172. The summed E-state index contributed by atoms with van der Waals surface area (Å²) >= 11 is 0. The second-order valence-corrected chi connectivity index (χ2v) is 8.97. The van der Waals surface area contributed by atoms with Crippen molar-refractivity contribution in [1.29, 1.82) is 0 Å². The topological polar surface area (TPSA) is 76.1 Å². The first-order valence-electron chi connectivity index (χ1n) is 9.45. The van der Waals surface area contributed by atoms with Gasteiger partial charge in [0.05, 0.1) is 18.6 Å². The number of aliphatic hydroxyl groups excluding tert-OH is 1. The highest BCUT2D eigenvalue weighted by atomic mass is 16.5. The Kier molecular flexibility index (Phi) is 9.70. The van der Waals surface area contributed by atoms with E-state index in [0.717, 1.165) is 0 Å². The zero-order chi connectivity index (χ0) is 21.5. The molecule has 0 radical (unpaired) electrons. The van der Waals surface area contributed by atoms with Crippen molar-refractivity contribution in [3.63, 3.8) is 0 Å². The van der Waals surface area contributed by atoms with Crippen LogP contribution in [0, 0.1) is 22.2 Å². The Labute approximate surface area is 164 Å². The molecule has 0 saturated carbocycles. The average Bonchev–Trinajstić information content (AvgIpc) is 2.55. The van der Waals surface area contributed by atoms with Crippen molar-refractivity contribution in [2.45, 2.75) is 48.0 Å². The molecule has 6 nitrogen and oxygen atoms in total. The lowest BCUT2D eigenvalue weighted by Gasteiger charge is -2.51. The number of amides is 1. The summed E-state index contributed by atoms with van der Waals surface area (Å²) in [6.45, 7) is 15.9. The van der Waals surface area contributed by atoms with Gasteiger partial charge in [0.2, 0.25) is 5.91 Å². The number of nitrogens with zero attached hydrogens (tertiary/aromatic N) is 1. The first-order chi connectivity index (χ1) is 12.3. The van der Waals surface area contributed by atoms with Gasteiger partial charge in [0, 0.05) is 26.6 Å². The second-order valence-electron chi connectivity index (χ2n) is 8.97. The van der Waals surface area contributed by atoms with Crippen molar-refractivity contribution in [3.8, 4) is 0 Å². The van der Waals surface area contributed by atoms with E-state index in [9.17, 15) is 9.59 Å². The van der Waals surface area contributed by atoms with E-state index >= 15 is 0 Å². The van der Waals surface area contributed by atoms with Gasteiger partial charge in [-0.2, -0.15) is 0 Å². The van der Waals surface area contributed by atoms with Gasteiger partial charge in [-0.25, -0.2) is 0 Å². The predicted octanol–water partition coefficient (Wildman–Crippen LogP) is 2.90. The summed E-state index contributed by atoms with van der Waals surface area (Å²) in [6.07, 6.45) is 2.36. The van der Waals surface area contributed by atoms with Crippen LogP contribution < -0.4 is 0 Å². The third-order valence-corrected chi connectivity index (χ3v) is 5.76. The van der Waals surface area contributed by atoms with Crippen molar-refractivity contribution in [2.75, 3.05) is 40.5 Å². The molecule has 1 unspecified atom stereocenters. The number of carbonyl (C=O) groups excluding carboxylic acids is 2. The van der Waals surface area contributed by atoms with Crippen molar-refractivity contribution < 1.29 is 24.2 Å². The Hall–Kier alpha value is -1.40. The minimum Gasteiger partial charge on any atom is -0.463 e. The van der Waals surface area contributed by atoms with E-state index in [0.29, 0.717) is 19.6 Å². The molecule has 27 heavy (non-hydrogen) atoms. The lowest BCUT2D eigenvalue weighted by atomic mass is 9.53. The number of aliphatic hydroxyl groups is 1. The van der Waals surface area contributed by atoms with E-state index < -0.39 is 28.1 Å². The molecule has 0 aromatic heterocycles. The normalized spacial score (nSPS) is 13.8. The highest BCUT2D eigenvalue weighted by Crippen LogP contribution is 2.53. The molecular weight excluding hydrogens is 346 g/mol. The fourth-order valence-electron chi connectivity index (χ4n) is 3.47. The fraction of sp³-hybridized carbons (Fsp3) is 0.810. The van der Waals surface area contributed by atoms with Gasteiger partial charge in [0.25, 0.3) is 0 Å². The molecule has 0 fully saturated rings. The maximum atomic E-state index is 13.2. The van der Waals surface area contributed by atoms with Crippen molar-refractivity contribution >= 4 is 11.9 Å². The number of rotatable bonds is 12. The molecule has 1 amide bonds. The number of esters is 1. The summed E-state index contributed by atoms with van der Waals surface area (Å²) in [7, 11) is 3.46. The lowest BCUT2D eigenvalue weighted by Crippen LogP contribution is -2.55. The standard InChI is InChI=1S/C21H39NO5/c1-10-13-26-14-11-19(2,3)16(17(24)22(8)9)20(4,5)21(6,7)18(25)27-15-12-23/h10,16,23H,1,11-15H2,2-9H3. The zero-order valence-electron chi connectivity index (χ0n) is 18.4. The summed E-state index contributed by atoms with van der Waals surface area (Å²) in [5.41, 5.74) is -2.05. The molecule has 6 heteroatoms. The monoisotopic (exact) mass is 385 g/mol. The number of carbonyl (C=O) groups is 2. The smallest absolute Gasteiger partial charge is 0.312 e. The van der Waals surface area contributed by atoms with Crippen LogP contribution in [-0.2, 0) is 19.1 Å². The predicted molar refractivity (Wildman–Crippen MR) is 107 cm³/mol. The highest BCUT2D eigenvalue weighted by molar-refractivity contribution is 5.83. The van der Waals surface area contributed by atoms with Gasteiger partial charge in [-0.1, -0.05) is 33.8 Å². The Balaban J connectivity index is 5.87. The SMILES string of the molecule is C=CCOCCC(C)(C)C(C(=O)N(C)C)C(C)(C)C(C)(C)C(=O)OCCO. The average molecular weight is 386 g/mol. The van der Waals surface area contributed by atoms with Crippen LogP contribution in [0.15, 0.2) is 12.7 Å². The van der Waals surface area contributed by atoms with Gasteiger partial charge in [0.15, 0.2) is 0 Å². The van der Waals surface area contributed by atoms with Crippen LogP contribution in [-0.4, -0.2) is 62.4 Å². The second kappa shape index (κ2) is 10.2. The summed E-state index contributed by atoms with van der Waals surface area (Å²) < 4.78 is 10.8. The molecule has 1 N–H and O–H groups in total. The van der Waals surface area contributed by atoms with E-state index in [2.05, 4.69) is 6.58 Å². The first kappa shape index (κ1) is 25.6. The van der Waals surface area contributed by atoms with Crippen LogP contribution in [0.2, 0.25) is 0 Å². The Morgan fingerprint density at radius 3 is 2.11 bits per heavy atom. The van der Waals surface area contributed by atoms with E-state index in [1.54, 1.807) is 38.9 Å². The molecule has 1 atom stereocenters. The van der Waals surface area contributed by atoms with Crippen LogP contribution in [0.3, 0.4) is 0 Å². The minimum atomic E-state index is -0.933. The quantitative estimate of drug-likeness (QED) is 0.318. The van der Waals surface area contributed by atoms with Gasteiger partial charge in [0.1, 0.15) is 6.61 Å². The third-order valence-electron chi connectivity index (χ3n) is 5.76. The largest absolute Gasteiger partial charge is 0.463 e. The van der Waals surface area contributed by atoms with E-state index in [-0.39, 0.29) is 19.1 Å². The molecule has 0 aromatic rings. The fourth-order valence-corrected chi connectivity index (χ4v) is 3.47. The van der Waals surface area contributed by atoms with E-state index in [4.69, 9.17) is 14.6 Å². The van der Waals surface area contributed by atoms with Gasteiger partial charge in [-0.05, 0) is 31.1 Å². The number of ether oxygens (including phenoxy) is 2. The molecule has 0 bridgehead atoms. The molecule has 0 rings (SSSR count). The van der Waals surface area contributed by atoms with Gasteiger partial charge < -0.3 is 19.5 Å². The molecule has 0 saturated heterocycles. The van der Waals surface area contributed by atoms with Crippen LogP contribution >= 0.6 is 0 Å². The third kappa shape index (κ3) is 6.32. The first-order valence-corrected chi connectivity index (χ1v) is 9.45. The van der Waals surface area contributed by atoms with E-state index in [1.165, 1.54) is 0 Å². The summed E-state index contributed by atoms with van der Waals surface area (Å²) in [6, 6.07) is 0. The zero-order valence-corrected chi connectivity index (χ0v) is 18.4. The highest BCUT2D eigenvalue weighted by Gasteiger charge is 2.56. The summed E-state index contributed by atoms with van der Waals surface area (Å²) in [5, 5.41) is 8.97. The van der Waals surface area contributed by atoms with Crippen LogP contribution in [0.25, 0.3) is 0 Å². The number of hydrogen-bond acceptors (Lipinski definition) is 5. The molecule has 0 aliphatic rings. The van der Waals surface area contributed by atoms with Crippen LogP contribution in [0.1, 0.15) is 48.0 Å². The Morgan fingerprint density at radius 2 is 1.67 bits per heavy atom. The van der Waals surface area contributed by atoms with Crippen molar-refractivity contribution in [3.05, 3.63) is 12.7 Å². The minimum absolute atomic E-state index is 0.0308. The van der Waals surface area contributed by atoms with Crippen LogP contribution in [0.5, 0.6) is 0 Å². The molecule has 0 aromatic carbocycles. The van der Waals surface area contributed by atoms with E-state index in [1.807, 2.05) is 27.7 Å². The summed E-state index contributed by atoms with van der Waals surface area (Å²) in [5.74, 6) is -0.891.